The molecule has 1 N–H and O–H groups in total. The van der Waals surface area contributed by atoms with E-state index in [0.29, 0.717) is 19.5 Å². The number of alkyl halides is 2. The molecule has 2 fully saturated rings. The minimum Gasteiger partial charge on any atom is -0.432 e. The minimum absolute atomic E-state index is 0. The number of nitrogens with one attached hydrogen (secondary N) is 1. The van der Waals surface area contributed by atoms with Crippen molar-refractivity contribution in [3.63, 3.8) is 0 Å². The molecule has 0 bridgehead atoms. The summed E-state index contributed by atoms with van der Waals surface area (Å²) in [4.78, 5) is 2.00. The molecule has 2 aliphatic rings. The Morgan fingerprint density at radius 1 is 1.19 bits per heavy atom. The summed E-state index contributed by atoms with van der Waals surface area (Å²) in [5.41, 5.74) is 0. The molecular weight excluding hydrogens is 395 g/mol. The molecule has 0 radical (unpaired) electrons. The lowest BCUT2D eigenvalue weighted by atomic mass is 10.2. The second kappa shape index (κ2) is 8.75. The van der Waals surface area contributed by atoms with Gasteiger partial charge in [-0.15, -0.1) is 12.4 Å². The average molecular weight is 416 g/mol. The van der Waals surface area contributed by atoms with Gasteiger partial charge in [-0.05, 0) is 24.6 Å². The van der Waals surface area contributed by atoms with Gasteiger partial charge in [0.25, 0.3) is 0 Å². The topological polar surface area (TPSA) is 61.9 Å². The van der Waals surface area contributed by atoms with Crippen molar-refractivity contribution in [2.45, 2.75) is 24.0 Å². The van der Waals surface area contributed by atoms with Crippen molar-refractivity contribution >= 4 is 22.4 Å². The summed E-state index contributed by atoms with van der Waals surface area (Å²) in [6.45, 7) is 1.02. The Kier molecular flexibility index (Phi) is 7.14. The summed E-state index contributed by atoms with van der Waals surface area (Å²) in [5.74, 6) is -1.80. The first-order chi connectivity index (χ1) is 11.9. The van der Waals surface area contributed by atoms with Crippen LogP contribution < -0.4 is 10.1 Å². The first-order valence-electron chi connectivity index (χ1n) is 8.07. The second-order valence-corrected chi connectivity index (χ2v) is 8.00. The molecule has 0 amide bonds. The fourth-order valence-electron chi connectivity index (χ4n) is 3.26. The zero-order valence-electron chi connectivity index (χ0n) is 13.9. The summed E-state index contributed by atoms with van der Waals surface area (Å²) < 4.78 is 68.9. The minimum atomic E-state index is -3.87. The van der Waals surface area contributed by atoms with E-state index in [2.05, 4.69) is 15.0 Å². The van der Waals surface area contributed by atoms with E-state index in [0.717, 1.165) is 44.4 Å². The number of piperazine rings is 1. The highest BCUT2D eigenvalue weighted by molar-refractivity contribution is 7.89. The van der Waals surface area contributed by atoms with Crippen molar-refractivity contribution in [2.75, 3.05) is 39.3 Å². The van der Waals surface area contributed by atoms with Gasteiger partial charge in [-0.3, -0.25) is 4.90 Å². The molecule has 0 saturated carbocycles. The third-order valence-electron chi connectivity index (χ3n) is 4.55. The number of halogens is 4. The van der Waals surface area contributed by atoms with Crippen molar-refractivity contribution in [1.29, 1.82) is 0 Å². The normalized spacial score (nSPS) is 22.4. The molecule has 3 rings (SSSR count). The van der Waals surface area contributed by atoms with Crippen LogP contribution in [0.2, 0.25) is 0 Å². The molecule has 1 aromatic carbocycles. The van der Waals surface area contributed by atoms with Crippen LogP contribution >= 0.6 is 12.4 Å². The Hall–Kier alpha value is -1.07. The zero-order chi connectivity index (χ0) is 18.0. The molecule has 11 heteroatoms. The highest BCUT2D eigenvalue weighted by Crippen LogP contribution is 2.27. The maximum Gasteiger partial charge on any atom is 0.387 e. The maximum absolute atomic E-state index is 13.8. The average Bonchev–Trinajstić information content (AvgIpc) is 3.08. The summed E-state index contributed by atoms with van der Waals surface area (Å²) in [6, 6.07) is 2.88. The van der Waals surface area contributed by atoms with E-state index in [1.807, 2.05) is 0 Å². The third kappa shape index (κ3) is 4.61. The number of sulfonamides is 1. The highest BCUT2D eigenvalue weighted by atomic mass is 35.5. The van der Waals surface area contributed by atoms with Crippen LogP contribution in [0.4, 0.5) is 13.2 Å². The van der Waals surface area contributed by atoms with Crippen LogP contribution in [0.25, 0.3) is 0 Å². The molecule has 2 aliphatic heterocycles. The fraction of sp³-hybridized carbons (Fsp3) is 0.600. The number of nitrogens with zero attached hydrogens (tertiary/aromatic N) is 2. The molecule has 0 aromatic heterocycles. The van der Waals surface area contributed by atoms with Gasteiger partial charge in [-0.2, -0.15) is 13.1 Å². The molecule has 6 nitrogen and oxygen atoms in total. The lowest BCUT2D eigenvalue weighted by Crippen LogP contribution is -2.49. The first kappa shape index (κ1) is 21.2. The van der Waals surface area contributed by atoms with Gasteiger partial charge in [0.1, 0.15) is 0 Å². The van der Waals surface area contributed by atoms with Crippen LogP contribution in [-0.2, 0) is 10.0 Å². The lowest BCUT2D eigenvalue weighted by molar-refractivity contribution is -0.0522. The molecular formula is C15H21ClF3N3O3S. The van der Waals surface area contributed by atoms with E-state index in [1.54, 1.807) is 0 Å². The third-order valence-corrected chi connectivity index (χ3v) is 6.41. The molecule has 1 aromatic rings. The van der Waals surface area contributed by atoms with Crippen LogP contribution in [0.15, 0.2) is 23.1 Å². The van der Waals surface area contributed by atoms with Crippen molar-refractivity contribution < 1.29 is 26.3 Å². The SMILES string of the molecule is Cl.O=S(=O)(c1ccc(OC(F)F)c(F)c1)N1CCC(N2CCNCC2)C1. The number of hydrogen-bond donors (Lipinski definition) is 1. The van der Waals surface area contributed by atoms with E-state index < -0.39 is 28.2 Å². The maximum atomic E-state index is 13.8. The number of benzene rings is 1. The Balaban J connectivity index is 0.00000243. The van der Waals surface area contributed by atoms with Crippen LogP contribution in [0.1, 0.15) is 6.42 Å². The summed E-state index contributed by atoms with van der Waals surface area (Å²) >= 11 is 0. The van der Waals surface area contributed by atoms with Gasteiger partial charge in [-0.1, -0.05) is 0 Å². The summed E-state index contributed by atoms with van der Waals surface area (Å²) in [6.07, 6.45) is 0.717. The zero-order valence-corrected chi connectivity index (χ0v) is 15.5. The van der Waals surface area contributed by atoms with Crippen molar-refractivity contribution in [3.05, 3.63) is 24.0 Å². The molecule has 1 atom stereocenters. The quantitative estimate of drug-likeness (QED) is 0.790. The summed E-state index contributed by atoms with van der Waals surface area (Å²) in [7, 11) is -3.87. The van der Waals surface area contributed by atoms with Crippen molar-refractivity contribution in [2.24, 2.45) is 0 Å². The molecule has 0 aliphatic carbocycles. The predicted molar refractivity (Wildman–Crippen MR) is 91.9 cm³/mol. The molecule has 2 heterocycles. The standard InChI is InChI=1S/C15H20F3N3O3S.ClH/c16-13-9-12(1-2-14(13)24-15(17)18)25(22,23)21-6-3-11(10-21)20-7-4-19-5-8-20;/h1-2,9,11,15,19H,3-8,10H2;1H. The van der Waals surface area contributed by atoms with Crippen molar-refractivity contribution in [3.8, 4) is 5.75 Å². The highest BCUT2D eigenvalue weighted by Gasteiger charge is 2.35. The Morgan fingerprint density at radius 2 is 1.88 bits per heavy atom. The Bertz CT molecular complexity index is 717. The fourth-order valence-corrected chi connectivity index (χ4v) is 4.76. The van der Waals surface area contributed by atoms with E-state index in [-0.39, 0.29) is 23.3 Å². The molecule has 26 heavy (non-hydrogen) atoms. The molecule has 148 valence electrons. The molecule has 1 unspecified atom stereocenters. The van der Waals surface area contributed by atoms with Crippen LogP contribution in [0, 0.1) is 5.82 Å². The van der Waals surface area contributed by atoms with Crippen LogP contribution in [0.5, 0.6) is 5.75 Å². The van der Waals surface area contributed by atoms with Gasteiger partial charge in [0.05, 0.1) is 4.90 Å². The van der Waals surface area contributed by atoms with Gasteiger partial charge in [0.15, 0.2) is 11.6 Å². The Morgan fingerprint density at radius 3 is 2.50 bits per heavy atom. The van der Waals surface area contributed by atoms with E-state index >= 15 is 0 Å². The lowest BCUT2D eigenvalue weighted by Gasteiger charge is -2.32. The molecule has 0 spiro atoms. The van der Waals surface area contributed by atoms with Crippen molar-refractivity contribution in [1.82, 2.24) is 14.5 Å². The Labute approximate surface area is 156 Å². The predicted octanol–water partition coefficient (Wildman–Crippen LogP) is 1.52. The summed E-state index contributed by atoms with van der Waals surface area (Å²) in [5, 5.41) is 3.25. The smallest absolute Gasteiger partial charge is 0.387 e. The molecule has 2 saturated heterocycles. The van der Waals surface area contributed by atoms with Gasteiger partial charge < -0.3 is 10.1 Å². The van der Waals surface area contributed by atoms with E-state index in [1.165, 1.54) is 4.31 Å². The van der Waals surface area contributed by atoms with Gasteiger partial charge in [0, 0.05) is 45.3 Å². The van der Waals surface area contributed by atoms with Gasteiger partial charge in [-0.25, -0.2) is 12.8 Å². The van der Waals surface area contributed by atoms with Gasteiger partial charge >= 0.3 is 6.61 Å². The largest absolute Gasteiger partial charge is 0.432 e. The van der Waals surface area contributed by atoms with Crippen LogP contribution in [-0.4, -0.2) is 69.5 Å². The second-order valence-electron chi connectivity index (χ2n) is 6.06. The van der Waals surface area contributed by atoms with E-state index in [4.69, 9.17) is 0 Å². The van der Waals surface area contributed by atoms with E-state index in [9.17, 15) is 21.6 Å². The van der Waals surface area contributed by atoms with Gasteiger partial charge in [0.2, 0.25) is 10.0 Å². The number of ether oxygens (including phenoxy) is 1. The first-order valence-corrected chi connectivity index (χ1v) is 9.51. The number of hydrogen-bond acceptors (Lipinski definition) is 5. The number of rotatable bonds is 5. The monoisotopic (exact) mass is 415 g/mol. The van der Waals surface area contributed by atoms with Crippen LogP contribution in [0.3, 0.4) is 0 Å².